The van der Waals surface area contributed by atoms with Crippen LogP contribution in [0.4, 0.5) is 4.39 Å². The van der Waals surface area contributed by atoms with Crippen molar-refractivity contribution in [3.8, 4) is 5.75 Å². The molecule has 0 radical (unpaired) electrons. The molecule has 106 valence electrons. The molecule has 2 rings (SSSR count). The van der Waals surface area contributed by atoms with Crippen molar-refractivity contribution in [1.29, 1.82) is 0 Å². The van der Waals surface area contributed by atoms with Crippen LogP contribution in [0.5, 0.6) is 5.75 Å². The molecule has 2 aromatic rings. The predicted octanol–water partition coefficient (Wildman–Crippen LogP) is 4.62. The highest BCUT2D eigenvalue weighted by molar-refractivity contribution is 9.10. The predicted molar refractivity (Wildman–Crippen MR) is 80.5 cm³/mol. The van der Waals surface area contributed by atoms with Crippen molar-refractivity contribution < 1.29 is 14.2 Å². The van der Waals surface area contributed by atoms with Crippen LogP contribution in [0.15, 0.2) is 34.8 Å². The highest BCUT2D eigenvalue weighted by Crippen LogP contribution is 2.29. The Hall–Kier alpha value is -1.10. The Balaban J connectivity index is 2.25. The Labute approximate surface area is 130 Å². The molecule has 0 aliphatic heterocycles. The second-order valence-electron chi connectivity index (χ2n) is 4.37. The number of hydrogen-bond acceptors (Lipinski definition) is 2. The summed E-state index contributed by atoms with van der Waals surface area (Å²) < 4.78 is 20.3. The van der Waals surface area contributed by atoms with Crippen LogP contribution in [0, 0.1) is 12.7 Å². The summed E-state index contributed by atoms with van der Waals surface area (Å²) in [5.41, 5.74) is 1.90. The van der Waals surface area contributed by atoms with Gasteiger partial charge >= 0.3 is 0 Å². The average molecular weight is 360 g/mol. The number of hydrogen-bond donors (Lipinski definition) is 1. The second kappa shape index (κ2) is 6.57. The van der Waals surface area contributed by atoms with Crippen molar-refractivity contribution in [2.75, 3.05) is 0 Å². The maximum atomic E-state index is 13.8. The molecule has 0 fully saturated rings. The van der Waals surface area contributed by atoms with Crippen molar-refractivity contribution in [1.82, 2.24) is 0 Å². The van der Waals surface area contributed by atoms with E-state index in [1.807, 2.05) is 13.0 Å². The molecule has 0 aliphatic rings. The zero-order chi connectivity index (χ0) is 14.7. The molecule has 0 spiro atoms. The third-order valence-corrected chi connectivity index (χ3v) is 3.64. The standard InChI is InChI=1S/C15H13BrClFO2/c1-9-5-12(16)6-11(7-19)15(9)20-8-10-3-2-4-13(17)14(10)18/h2-6,19H,7-8H2,1H3. The first-order valence-electron chi connectivity index (χ1n) is 5.98. The van der Waals surface area contributed by atoms with E-state index in [9.17, 15) is 9.50 Å². The van der Waals surface area contributed by atoms with Crippen LogP contribution >= 0.6 is 27.5 Å². The van der Waals surface area contributed by atoms with Gasteiger partial charge in [-0.25, -0.2) is 4.39 Å². The molecule has 2 aromatic carbocycles. The number of ether oxygens (including phenoxy) is 1. The molecular weight excluding hydrogens is 347 g/mol. The third kappa shape index (κ3) is 3.32. The zero-order valence-corrected chi connectivity index (χ0v) is 13.1. The minimum atomic E-state index is -0.477. The quantitative estimate of drug-likeness (QED) is 0.863. The van der Waals surface area contributed by atoms with Gasteiger partial charge in [-0.05, 0) is 30.7 Å². The van der Waals surface area contributed by atoms with Crippen LogP contribution in [-0.4, -0.2) is 5.11 Å². The number of rotatable bonds is 4. The van der Waals surface area contributed by atoms with E-state index >= 15 is 0 Å². The summed E-state index contributed by atoms with van der Waals surface area (Å²) in [6, 6.07) is 8.43. The third-order valence-electron chi connectivity index (χ3n) is 2.89. The van der Waals surface area contributed by atoms with E-state index in [1.54, 1.807) is 18.2 Å². The highest BCUT2D eigenvalue weighted by atomic mass is 79.9. The summed E-state index contributed by atoms with van der Waals surface area (Å²) in [7, 11) is 0. The van der Waals surface area contributed by atoms with Crippen LogP contribution in [-0.2, 0) is 13.2 Å². The van der Waals surface area contributed by atoms with Crippen molar-refractivity contribution in [2.45, 2.75) is 20.1 Å². The lowest BCUT2D eigenvalue weighted by Crippen LogP contribution is -2.03. The van der Waals surface area contributed by atoms with E-state index in [0.29, 0.717) is 16.9 Å². The number of benzene rings is 2. The van der Waals surface area contributed by atoms with Crippen molar-refractivity contribution in [3.63, 3.8) is 0 Å². The molecule has 0 unspecified atom stereocenters. The van der Waals surface area contributed by atoms with Crippen LogP contribution in [0.2, 0.25) is 5.02 Å². The topological polar surface area (TPSA) is 29.5 Å². The van der Waals surface area contributed by atoms with E-state index in [-0.39, 0.29) is 18.2 Å². The molecule has 0 aliphatic carbocycles. The Kier molecular flexibility index (Phi) is 5.02. The SMILES string of the molecule is Cc1cc(Br)cc(CO)c1OCc1cccc(Cl)c1F. The van der Waals surface area contributed by atoms with E-state index in [1.165, 1.54) is 6.07 Å². The molecule has 0 heterocycles. The van der Waals surface area contributed by atoms with Crippen LogP contribution in [0.1, 0.15) is 16.7 Å². The molecule has 0 amide bonds. The van der Waals surface area contributed by atoms with Gasteiger partial charge in [-0.1, -0.05) is 39.7 Å². The van der Waals surface area contributed by atoms with Gasteiger partial charge in [0.15, 0.2) is 0 Å². The van der Waals surface area contributed by atoms with Gasteiger partial charge in [-0.3, -0.25) is 0 Å². The lowest BCUT2D eigenvalue weighted by atomic mass is 10.1. The van der Waals surface area contributed by atoms with Gasteiger partial charge in [-0.2, -0.15) is 0 Å². The van der Waals surface area contributed by atoms with Crippen LogP contribution in [0.25, 0.3) is 0 Å². The second-order valence-corrected chi connectivity index (χ2v) is 5.69. The summed E-state index contributed by atoms with van der Waals surface area (Å²) in [6.45, 7) is 1.78. The molecule has 20 heavy (non-hydrogen) atoms. The molecule has 0 aromatic heterocycles. The average Bonchev–Trinajstić information content (AvgIpc) is 2.41. The Morgan fingerprint density at radius 2 is 2.05 bits per heavy atom. The Bertz CT molecular complexity index is 632. The number of aliphatic hydroxyl groups excluding tert-OH is 1. The Morgan fingerprint density at radius 1 is 1.30 bits per heavy atom. The van der Waals surface area contributed by atoms with Gasteiger partial charge < -0.3 is 9.84 Å². The van der Waals surface area contributed by atoms with Crippen molar-refractivity contribution >= 4 is 27.5 Å². The lowest BCUT2D eigenvalue weighted by molar-refractivity contribution is 0.256. The molecule has 0 saturated heterocycles. The smallest absolute Gasteiger partial charge is 0.148 e. The summed E-state index contributed by atoms with van der Waals surface area (Å²) in [5.74, 6) is 0.0876. The summed E-state index contributed by atoms with van der Waals surface area (Å²) in [5, 5.41) is 9.44. The van der Waals surface area contributed by atoms with Gasteiger partial charge in [0.1, 0.15) is 18.2 Å². The summed E-state index contributed by atoms with van der Waals surface area (Å²) >= 11 is 9.09. The van der Waals surface area contributed by atoms with Crippen molar-refractivity contribution in [3.05, 3.63) is 62.3 Å². The molecular formula is C15H13BrClFO2. The number of aryl methyl sites for hydroxylation is 1. The molecule has 0 bridgehead atoms. The molecule has 1 N–H and O–H groups in total. The van der Waals surface area contributed by atoms with E-state index in [0.717, 1.165) is 10.0 Å². The largest absolute Gasteiger partial charge is 0.488 e. The highest BCUT2D eigenvalue weighted by Gasteiger charge is 2.11. The minimum Gasteiger partial charge on any atom is -0.488 e. The fourth-order valence-electron chi connectivity index (χ4n) is 1.93. The zero-order valence-electron chi connectivity index (χ0n) is 10.8. The van der Waals surface area contributed by atoms with E-state index < -0.39 is 5.82 Å². The monoisotopic (exact) mass is 358 g/mol. The maximum absolute atomic E-state index is 13.8. The van der Waals surface area contributed by atoms with Gasteiger partial charge in [0.25, 0.3) is 0 Å². The van der Waals surface area contributed by atoms with E-state index in [4.69, 9.17) is 16.3 Å². The number of halogens is 3. The maximum Gasteiger partial charge on any atom is 0.148 e. The van der Waals surface area contributed by atoms with Crippen molar-refractivity contribution in [2.24, 2.45) is 0 Å². The molecule has 0 saturated carbocycles. The minimum absolute atomic E-state index is 0.0574. The molecule has 2 nitrogen and oxygen atoms in total. The molecule has 0 atom stereocenters. The van der Waals surface area contributed by atoms with Gasteiger partial charge in [0.05, 0.1) is 11.6 Å². The first-order valence-corrected chi connectivity index (χ1v) is 7.15. The van der Waals surface area contributed by atoms with E-state index in [2.05, 4.69) is 15.9 Å². The van der Waals surface area contributed by atoms with Gasteiger partial charge in [0.2, 0.25) is 0 Å². The van der Waals surface area contributed by atoms with Gasteiger partial charge in [-0.15, -0.1) is 0 Å². The summed E-state index contributed by atoms with van der Waals surface area (Å²) in [6.07, 6.45) is 0. The van der Waals surface area contributed by atoms with Crippen LogP contribution in [0.3, 0.4) is 0 Å². The Morgan fingerprint density at radius 3 is 2.75 bits per heavy atom. The number of aliphatic hydroxyl groups is 1. The summed E-state index contributed by atoms with van der Waals surface area (Å²) in [4.78, 5) is 0. The first kappa shape index (κ1) is 15.3. The van der Waals surface area contributed by atoms with Crippen LogP contribution < -0.4 is 4.74 Å². The lowest BCUT2D eigenvalue weighted by Gasteiger charge is -2.14. The first-order chi connectivity index (χ1) is 9.52. The normalized spacial score (nSPS) is 10.7. The fraction of sp³-hybridized carbons (Fsp3) is 0.200. The molecule has 5 heteroatoms. The van der Waals surface area contributed by atoms with Gasteiger partial charge in [0, 0.05) is 15.6 Å². The fourth-order valence-corrected chi connectivity index (χ4v) is 2.75.